The van der Waals surface area contributed by atoms with Gasteiger partial charge in [-0.3, -0.25) is 9.78 Å². The Labute approximate surface area is 147 Å². The average Bonchev–Trinajstić information content (AvgIpc) is 3.03. The standard InChI is InChI=1S/C15H17N5O5S/c1-8(2)13-17-12(25-19-13)7-20(3)26(23,24)9-4-5-11-10(6-9)14(21)18-15(22)16-11/h4-6,8H,7H2,1-3H3,(H2,16,18,21,22). The Balaban J connectivity index is 1.94. The van der Waals surface area contributed by atoms with Crippen molar-refractivity contribution in [3.63, 3.8) is 0 Å². The first-order valence-corrected chi connectivity index (χ1v) is 9.17. The van der Waals surface area contributed by atoms with Gasteiger partial charge in [-0.05, 0) is 18.2 Å². The molecule has 0 unspecified atom stereocenters. The first-order chi connectivity index (χ1) is 12.2. The highest BCUT2D eigenvalue weighted by Gasteiger charge is 2.24. The minimum atomic E-state index is -3.91. The first-order valence-electron chi connectivity index (χ1n) is 7.73. The van der Waals surface area contributed by atoms with E-state index in [2.05, 4.69) is 20.1 Å². The van der Waals surface area contributed by atoms with Gasteiger partial charge in [0.2, 0.25) is 15.9 Å². The van der Waals surface area contributed by atoms with E-state index in [0.717, 1.165) is 4.31 Å². The van der Waals surface area contributed by atoms with Crippen molar-refractivity contribution in [2.24, 2.45) is 0 Å². The van der Waals surface area contributed by atoms with Crippen LogP contribution in [0.1, 0.15) is 31.5 Å². The number of hydrogen-bond donors (Lipinski definition) is 2. The van der Waals surface area contributed by atoms with Crippen molar-refractivity contribution in [1.29, 1.82) is 0 Å². The number of fused-ring (bicyclic) bond motifs is 1. The molecule has 10 nitrogen and oxygen atoms in total. The number of H-pyrrole nitrogens is 2. The number of aromatic amines is 2. The molecule has 0 amide bonds. The summed E-state index contributed by atoms with van der Waals surface area (Å²) in [5.41, 5.74) is -1.08. The first kappa shape index (κ1) is 18.0. The Morgan fingerprint density at radius 2 is 1.96 bits per heavy atom. The second-order valence-corrected chi connectivity index (χ2v) is 8.12. The zero-order chi connectivity index (χ0) is 19.1. The minimum absolute atomic E-state index is 0.0591. The van der Waals surface area contributed by atoms with E-state index in [-0.39, 0.29) is 34.2 Å². The summed E-state index contributed by atoms with van der Waals surface area (Å²) >= 11 is 0. The van der Waals surface area contributed by atoms with Crippen molar-refractivity contribution in [1.82, 2.24) is 24.4 Å². The highest BCUT2D eigenvalue weighted by molar-refractivity contribution is 7.89. The SMILES string of the molecule is CC(C)c1noc(CN(C)S(=O)(=O)c2ccc3[nH]c(=O)[nH]c(=O)c3c2)n1. The molecule has 2 N–H and O–H groups in total. The highest BCUT2D eigenvalue weighted by atomic mass is 32.2. The molecule has 0 atom stereocenters. The lowest BCUT2D eigenvalue weighted by atomic mass is 10.2. The predicted octanol–water partition coefficient (Wildman–Crippen LogP) is 0.543. The Kier molecular flexibility index (Phi) is 4.50. The van der Waals surface area contributed by atoms with Gasteiger partial charge in [0.1, 0.15) is 0 Å². The molecule has 3 aromatic rings. The second-order valence-electron chi connectivity index (χ2n) is 6.08. The predicted molar refractivity (Wildman–Crippen MR) is 92.2 cm³/mol. The lowest BCUT2D eigenvalue weighted by molar-refractivity contribution is 0.333. The van der Waals surface area contributed by atoms with Gasteiger partial charge < -0.3 is 9.51 Å². The summed E-state index contributed by atoms with van der Waals surface area (Å²) in [6, 6.07) is 3.90. The van der Waals surface area contributed by atoms with Gasteiger partial charge in [-0.2, -0.15) is 9.29 Å². The zero-order valence-electron chi connectivity index (χ0n) is 14.3. The summed E-state index contributed by atoms with van der Waals surface area (Å²) in [5.74, 6) is 0.721. The molecule has 1 aromatic carbocycles. The maximum Gasteiger partial charge on any atom is 0.326 e. The summed E-state index contributed by atoms with van der Waals surface area (Å²) in [6.07, 6.45) is 0. The third kappa shape index (κ3) is 3.30. The van der Waals surface area contributed by atoms with E-state index in [1.54, 1.807) is 0 Å². The highest BCUT2D eigenvalue weighted by Crippen LogP contribution is 2.19. The van der Waals surface area contributed by atoms with Gasteiger partial charge in [0.25, 0.3) is 5.56 Å². The van der Waals surface area contributed by atoms with Crippen LogP contribution in [0.4, 0.5) is 0 Å². The van der Waals surface area contributed by atoms with E-state index >= 15 is 0 Å². The van der Waals surface area contributed by atoms with Gasteiger partial charge in [-0.1, -0.05) is 19.0 Å². The third-order valence-electron chi connectivity index (χ3n) is 3.78. The molecule has 0 aliphatic carbocycles. The summed E-state index contributed by atoms with van der Waals surface area (Å²) in [4.78, 5) is 31.7. The summed E-state index contributed by atoms with van der Waals surface area (Å²) in [7, 11) is -2.53. The van der Waals surface area contributed by atoms with Crippen molar-refractivity contribution < 1.29 is 12.9 Å². The number of aromatic nitrogens is 4. The zero-order valence-corrected chi connectivity index (χ0v) is 15.1. The summed E-state index contributed by atoms with van der Waals surface area (Å²) < 4.78 is 31.6. The van der Waals surface area contributed by atoms with Crippen molar-refractivity contribution >= 4 is 20.9 Å². The molecule has 0 radical (unpaired) electrons. The fraction of sp³-hybridized carbons (Fsp3) is 0.333. The van der Waals surface area contributed by atoms with E-state index in [4.69, 9.17) is 4.52 Å². The minimum Gasteiger partial charge on any atom is -0.338 e. The van der Waals surface area contributed by atoms with Crippen LogP contribution in [0.5, 0.6) is 0 Å². The van der Waals surface area contributed by atoms with Crippen LogP contribution in [0.25, 0.3) is 10.9 Å². The lowest BCUT2D eigenvalue weighted by Crippen LogP contribution is -2.27. The van der Waals surface area contributed by atoms with Crippen molar-refractivity contribution in [3.05, 3.63) is 50.8 Å². The van der Waals surface area contributed by atoms with Gasteiger partial charge in [-0.25, -0.2) is 13.2 Å². The van der Waals surface area contributed by atoms with Crippen LogP contribution in [0.2, 0.25) is 0 Å². The van der Waals surface area contributed by atoms with Crippen LogP contribution in [-0.4, -0.2) is 39.9 Å². The molecular formula is C15H17N5O5S. The Hall–Kier alpha value is -2.79. The molecule has 138 valence electrons. The lowest BCUT2D eigenvalue weighted by Gasteiger charge is -2.15. The summed E-state index contributed by atoms with van der Waals surface area (Å²) in [5, 5.41) is 3.87. The topological polar surface area (TPSA) is 142 Å². The molecule has 0 saturated heterocycles. The van der Waals surface area contributed by atoms with Gasteiger partial charge in [0, 0.05) is 13.0 Å². The molecule has 26 heavy (non-hydrogen) atoms. The van der Waals surface area contributed by atoms with Crippen LogP contribution in [0, 0.1) is 0 Å². The molecule has 2 aromatic heterocycles. The normalized spacial score (nSPS) is 12.3. The van der Waals surface area contributed by atoms with E-state index in [1.807, 2.05) is 13.8 Å². The van der Waals surface area contributed by atoms with Crippen LogP contribution in [0.15, 0.2) is 37.2 Å². The molecule has 11 heteroatoms. The van der Waals surface area contributed by atoms with Crippen LogP contribution >= 0.6 is 0 Å². The van der Waals surface area contributed by atoms with Crippen LogP contribution in [0.3, 0.4) is 0 Å². The molecule has 0 aliphatic heterocycles. The molecule has 0 bridgehead atoms. The van der Waals surface area contributed by atoms with Crippen molar-refractivity contribution in [2.75, 3.05) is 7.05 Å². The monoisotopic (exact) mass is 379 g/mol. The van der Waals surface area contributed by atoms with Crippen LogP contribution in [-0.2, 0) is 16.6 Å². The summed E-state index contributed by atoms with van der Waals surface area (Å²) in [6.45, 7) is 3.68. The maximum atomic E-state index is 12.8. The van der Waals surface area contributed by atoms with Gasteiger partial charge >= 0.3 is 5.69 Å². The fourth-order valence-electron chi connectivity index (χ4n) is 2.33. The van der Waals surface area contributed by atoms with Gasteiger partial charge in [0.15, 0.2) is 5.82 Å². The maximum absolute atomic E-state index is 12.8. The van der Waals surface area contributed by atoms with E-state index in [1.165, 1.54) is 25.2 Å². The van der Waals surface area contributed by atoms with E-state index < -0.39 is 21.3 Å². The number of rotatable bonds is 5. The molecule has 0 aliphatic rings. The van der Waals surface area contributed by atoms with E-state index in [0.29, 0.717) is 5.82 Å². The van der Waals surface area contributed by atoms with Gasteiger partial charge in [0.05, 0.1) is 22.3 Å². The molecule has 0 fully saturated rings. The molecule has 0 spiro atoms. The van der Waals surface area contributed by atoms with Crippen molar-refractivity contribution in [2.45, 2.75) is 31.2 Å². The fourth-order valence-corrected chi connectivity index (χ4v) is 3.47. The Bertz CT molecular complexity index is 1170. The van der Waals surface area contributed by atoms with E-state index in [9.17, 15) is 18.0 Å². The number of nitrogens with zero attached hydrogens (tertiary/aromatic N) is 3. The number of benzene rings is 1. The molecular weight excluding hydrogens is 362 g/mol. The van der Waals surface area contributed by atoms with Crippen molar-refractivity contribution in [3.8, 4) is 0 Å². The Morgan fingerprint density at radius 1 is 1.23 bits per heavy atom. The number of sulfonamides is 1. The van der Waals surface area contributed by atoms with Crippen LogP contribution < -0.4 is 11.2 Å². The average molecular weight is 379 g/mol. The Morgan fingerprint density at radius 3 is 2.62 bits per heavy atom. The molecule has 0 saturated carbocycles. The smallest absolute Gasteiger partial charge is 0.326 e. The molecule has 2 heterocycles. The molecule has 3 rings (SSSR count). The number of hydrogen-bond acceptors (Lipinski definition) is 7. The number of nitrogens with one attached hydrogen (secondary N) is 2. The largest absolute Gasteiger partial charge is 0.338 e. The van der Waals surface area contributed by atoms with Gasteiger partial charge in [-0.15, -0.1) is 0 Å². The quantitative estimate of drug-likeness (QED) is 0.659. The third-order valence-corrected chi connectivity index (χ3v) is 5.58. The second kappa shape index (κ2) is 6.50.